The zero-order chi connectivity index (χ0) is 16.3. The van der Waals surface area contributed by atoms with Crippen LogP contribution in [0.1, 0.15) is 34.5 Å². The lowest BCUT2D eigenvalue weighted by molar-refractivity contribution is -0.385. The van der Waals surface area contributed by atoms with E-state index in [9.17, 15) is 14.9 Å². The number of carbonyl (C=O) groups excluding carboxylic acids is 1. The van der Waals surface area contributed by atoms with Gasteiger partial charge >= 0.3 is 0 Å². The van der Waals surface area contributed by atoms with E-state index >= 15 is 0 Å². The number of nitro groups is 1. The molecule has 0 radical (unpaired) electrons. The summed E-state index contributed by atoms with van der Waals surface area (Å²) >= 11 is 5.75. The number of nitrogens with zero attached hydrogens (tertiary/aromatic N) is 1. The predicted molar refractivity (Wildman–Crippen MR) is 85.2 cm³/mol. The monoisotopic (exact) mass is 318 g/mol. The van der Waals surface area contributed by atoms with Crippen molar-refractivity contribution in [3.05, 3.63) is 74.3 Å². The Bertz CT molecular complexity index is 714. The molecule has 1 N–H and O–H groups in total. The molecule has 1 atom stereocenters. The van der Waals surface area contributed by atoms with Gasteiger partial charge in [0.15, 0.2) is 0 Å². The molecule has 1 unspecified atom stereocenters. The maximum atomic E-state index is 12.3. The van der Waals surface area contributed by atoms with E-state index < -0.39 is 10.8 Å². The van der Waals surface area contributed by atoms with Crippen LogP contribution in [0, 0.1) is 17.0 Å². The van der Waals surface area contributed by atoms with Gasteiger partial charge in [-0.15, -0.1) is 0 Å². The first kappa shape index (κ1) is 16.0. The normalized spacial score (nSPS) is 11.8. The lowest BCUT2D eigenvalue weighted by Gasteiger charge is -2.14. The Morgan fingerprint density at radius 1 is 1.23 bits per heavy atom. The lowest BCUT2D eigenvalue weighted by Crippen LogP contribution is -2.27. The molecule has 0 aliphatic heterocycles. The lowest BCUT2D eigenvalue weighted by atomic mass is 10.1. The summed E-state index contributed by atoms with van der Waals surface area (Å²) in [5.41, 5.74) is 1.74. The Labute approximate surface area is 133 Å². The van der Waals surface area contributed by atoms with Gasteiger partial charge in [-0.2, -0.15) is 0 Å². The van der Waals surface area contributed by atoms with Crippen molar-refractivity contribution in [1.29, 1.82) is 0 Å². The van der Waals surface area contributed by atoms with E-state index in [1.165, 1.54) is 18.2 Å². The van der Waals surface area contributed by atoms with Crippen molar-refractivity contribution in [2.24, 2.45) is 0 Å². The summed E-state index contributed by atoms with van der Waals surface area (Å²) in [4.78, 5) is 22.7. The summed E-state index contributed by atoms with van der Waals surface area (Å²) in [6, 6.07) is 11.5. The minimum atomic E-state index is -0.614. The van der Waals surface area contributed by atoms with Crippen molar-refractivity contribution in [3.63, 3.8) is 0 Å². The fraction of sp³-hybridized carbons (Fsp3) is 0.188. The third-order valence-electron chi connectivity index (χ3n) is 3.33. The van der Waals surface area contributed by atoms with Crippen molar-refractivity contribution in [2.45, 2.75) is 19.9 Å². The van der Waals surface area contributed by atoms with E-state index in [0.29, 0.717) is 0 Å². The molecule has 5 nitrogen and oxygen atoms in total. The summed E-state index contributed by atoms with van der Waals surface area (Å²) < 4.78 is 0. The number of rotatable bonds is 4. The van der Waals surface area contributed by atoms with Crippen LogP contribution in [0.2, 0.25) is 5.02 Å². The van der Waals surface area contributed by atoms with Gasteiger partial charge in [-0.05, 0) is 31.5 Å². The molecule has 0 saturated heterocycles. The summed E-state index contributed by atoms with van der Waals surface area (Å²) in [6.45, 7) is 3.80. The first-order valence-corrected chi connectivity index (χ1v) is 7.07. The van der Waals surface area contributed by atoms with Gasteiger partial charge in [0.25, 0.3) is 11.6 Å². The number of nitro benzene ring substituents is 1. The highest BCUT2D eigenvalue weighted by Gasteiger charge is 2.22. The van der Waals surface area contributed by atoms with Gasteiger partial charge in [0.1, 0.15) is 5.56 Å². The first-order valence-electron chi connectivity index (χ1n) is 6.70. The highest BCUT2D eigenvalue weighted by molar-refractivity contribution is 6.31. The van der Waals surface area contributed by atoms with Crippen molar-refractivity contribution < 1.29 is 9.72 Å². The molecule has 0 aliphatic rings. The van der Waals surface area contributed by atoms with Gasteiger partial charge in [0.05, 0.1) is 11.0 Å². The van der Waals surface area contributed by atoms with E-state index in [4.69, 9.17) is 11.6 Å². The Morgan fingerprint density at radius 3 is 2.45 bits per heavy atom. The Balaban J connectivity index is 2.22. The summed E-state index contributed by atoms with van der Waals surface area (Å²) in [5.74, 6) is -0.503. The van der Waals surface area contributed by atoms with E-state index in [0.717, 1.165) is 11.1 Å². The number of hydrogen-bond acceptors (Lipinski definition) is 3. The summed E-state index contributed by atoms with van der Waals surface area (Å²) in [6.07, 6.45) is 0. The molecule has 0 saturated carbocycles. The molecule has 6 heteroatoms. The molecular formula is C16H15ClN2O3. The highest BCUT2D eigenvalue weighted by atomic mass is 35.5. The topological polar surface area (TPSA) is 72.2 Å². The Hall–Kier alpha value is -2.40. The van der Waals surface area contributed by atoms with Gasteiger partial charge in [0.2, 0.25) is 0 Å². The number of nitrogens with one attached hydrogen (secondary N) is 1. The zero-order valence-electron chi connectivity index (χ0n) is 12.2. The second-order valence-corrected chi connectivity index (χ2v) is 5.46. The van der Waals surface area contributed by atoms with Crippen LogP contribution >= 0.6 is 11.6 Å². The second-order valence-electron chi connectivity index (χ2n) is 5.02. The third kappa shape index (κ3) is 3.62. The Kier molecular flexibility index (Phi) is 4.78. The molecule has 1 amide bonds. The SMILES string of the molecule is Cc1ccc(C(C)NC(=O)c2ccc(Cl)cc2[N+](=O)[O-])cc1. The maximum Gasteiger partial charge on any atom is 0.283 e. The molecule has 0 spiro atoms. The molecule has 0 bridgehead atoms. The first-order chi connectivity index (χ1) is 10.4. The quantitative estimate of drug-likeness (QED) is 0.682. The van der Waals surface area contributed by atoms with Crippen LogP contribution in [0.3, 0.4) is 0 Å². The molecule has 2 aromatic carbocycles. The average Bonchev–Trinajstić information content (AvgIpc) is 2.47. The second kappa shape index (κ2) is 6.58. The molecule has 2 rings (SSSR count). The predicted octanol–water partition coefficient (Wildman–Crippen LogP) is 4.05. The van der Waals surface area contributed by atoms with Crippen LogP contribution in [0.4, 0.5) is 5.69 Å². The largest absolute Gasteiger partial charge is 0.345 e. The van der Waals surface area contributed by atoms with Gasteiger partial charge in [0, 0.05) is 11.1 Å². The average molecular weight is 319 g/mol. The fourth-order valence-corrected chi connectivity index (χ4v) is 2.23. The summed E-state index contributed by atoms with van der Waals surface area (Å²) in [5, 5.41) is 14.0. The highest BCUT2D eigenvalue weighted by Crippen LogP contribution is 2.24. The minimum absolute atomic E-state index is 0.00615. The smallest absolute Gasteiger partial charge is 0.283 e. The van der Waals surface area contributed by atoms with Gasteiger partial charge in [-0.1, -0.05) is 41.4 Å². The number of hydrogen-bond donors (Lipinski definition) is 1. The van der Waals surface area contributed by atoms with Crippen molar-refractivity contribution in [1.82, 2.24) is 5.32 Å². The van der Waals surface area contributed by atoms with Crippen molar-refractivity contribution in [3.8, 4) is 0 Å². The third-order valence-corrected chi connectivity index (χ3v) is 3.56. The number of amides is 1. The van der Waals surface area contributed by atoms with E-state index in [-0.39, 0.29) is 22.3 Å². The van der Waals surface area contributed by atoms with Gasteiger partial charge < -0.3 is 5.32 Å². The summed E-state index contributed by atoms with van der Waals surface area (Å²) in [7, 11) is 0. The molecule has 2 aromatic rings. The molecule has 114 valence electrons. The van der Waals surface area contributed by atoms with Crippen LogP contribution < -0.4 is 5.32 Å². The number of halogens is 1. The van der Waals surface area contributed by atoms with E-state index in [1.807, 2.05) is 38.1 Å². The molecule has 0 heterocycles. The van der Waals surface area contributed by atoms with Crippen LogP contribution in [0.15, 0.2) is 42.5 Å². The Morgan fingerprint density at radius 2 is 1.86 bits per heavy atom. The van der Waals surface area contributed by atoms with Crippen LogP contribution in [-0.2, 0) is 0 Å². The molecule has 22 heavy (non-hydrogen) atoms. The molecular weight excluding hydrogens is 304 g/mol. The zero-order valence-corrected chi connectivity index (χ0v) is 12.9. The van der Waals surface area contributed by atoms with E-state index in [1.54, 1.807) is 0 Å². The maximum absolute atomic E-state index is 12.3. The molecule has 0 fully saturated rings. The molecule has 0 aromatic heterocycles. The molecule has 0 aliphatic carbocycles. The fourth-order valence-electron chi connectivity index (χ4n) is 2.06. The van der Waals surface area contributed by atoms with Crippen LogP contribution in [0.5, 0.6) is 0 Å². The number of benzene rings is 2. The standard InChI is InChI=1S/C16H15ClN2O3/c1-10-3-5-12(6-4-10)11(2)18-16(20)14-8-7-13(17)9-15(14)19(21)22/h3-9,11H,1-2H3,(H,18,20). The van der Waals surface area contributed by atoms with Gasteiger partial charge in [-0.3, -0.25) is 14.9 Å². The minimum Gasteiger partial charge on any atom is -0.345 e. The van der Waals surface area contributed by atoms with Gasteiger partial charge in [-0.25, -0.2) is 0 Å². The van der Waals surface area contributed by atoms with Crippen LogP contribution in [0.25, 0.3) is 0 Å². The van der Waals surface area contributed by atoms with E-state index in [2.05, 4.69) is 5.32 Å². The number of aryl methyl sites for hydroxylation is 1. The van der Waals surface area contributed by atoms with Crippen LogP contribution in [-0.4, -0.2) is 10.8 Å². The number of carbonyl (C=O) groups is 1. The van der Waals surface area contributed by atoms with Crippen molar-refractivity contribution >= 4 is 23.2 Å². The van der Waals surface area contributed by atoms with Crippen molar-refractivity contribution in [2.75, 3.05) is 0 Å².